The first-order valence-corrected chi connectivity index (χ1v) is 6.42. The van der Waals surface area contributed by atoms with Crippen LogP contribution in [0.5, 0.6) is 0 Å². The second-order valence-corrected chi connectivity index (χ2v) is 4.08. The van der Waals surface area contributed by atoms with E-state index in [0.717, 1.165) is 24.8 Å². The average molecular weight is 224 g/mol. The number of ketones is 2. The summed E-state index contributed by atoms with van der Waals surface area (Å²) in [5, 5.41) is 0. The number of allylic oxidation sites excluding steroid dienone is 2. The summed E-state index contributed by atoms with van der Waals surface area (Å²) >= 11 is 0. The molecule has 0 aromatic rings. The maximum atomic E-state index is 11.6. The highest BCUT2D eigenvalue weighted by atomic mass is 16.1. The van der Waals surface area contributed by atoms with E-state index in [2.05, 4.69) is 6.92 Å². The molecular weight excluding hydrogens is 200 g/mol. The van der Waals surface area contributed by atoms with Gasteiger partial charge in [0.25, 0.3) is 0 Å². The Morgan fingerprint density at radius 2 is 1.62 bits per heavy atom. The van der Waals surface area contributed by atoms with Gasteiger partial charge >= 0.3 is 0 Å². The fraction of sp³-hybridized carbons (Fsp3) is 0.714. The molecule has 0 spiro atoms. The molecule has 0 aromatic heterocycles. The third kappa shape index (κ3) is 6.54. The molecule has 2 heteroatoms. The van der Waals surface area contributed by atoms with Crippen LogP contribution in [0, 0.1) is 0 Å². The fourth-order valence-electron chi connectivity index (χ4n) is 1.56. The minimum Gasteiger partial charge on any atom is -0.295 e. The van der Waals surface area contributed by atoms with E-state index in [-0.39, 0.29) is 11.6 Å². The van der Waals surface area contributed by atoms with Crippen molar-refractivity contribution in [3.05, 3.63) is 11.6 Å². The molecule has 0 aliphatic rings. The van der Waals surface area contributed by atoms with Gasteiger partial charge in [0, 0.05) is 12.8 Å². The van der Waals surface area contributed by atoms with Crippen molar-refractivity contribution in [3.63, 3.8) is 0 Å². The number of carbonyl (C=O) groups excluding carboxylic acids is 2. The van der Waals surface area contributed by atoms with Crippen molar-refractivity contribution in [1.29, 1.82) is 0 Å². The number of unbranched alkanes of at least 4 members (excludes halogenated alkanes) is 3. The lowest BCUT2D eigenvalue weighted by atomic mass is 10.00. The second-order valence-electron chi connectivity index (χ2n) is 4.08. The van der Waals surface area contributed by atoms with Crippen molar-refractivity contribution < 1.29 is 9.59 Å². The smallest absolute Gasteiger partial charge is 0.158 e. The summed E-state index contributed by atoms with van der Waals surface area (Å²) in [7, 11) is 0. The highest BCUT2D eigenvalue weighted by Gasteiger charge is 2.08. The van der Waals surface area contributed by atoms with E-state index in [0.29, 0.717) is 12.8 Å². The van der Waals surface area contributed by atoms with E-state index in [9.17, 15) is 9.59 Å². The van der Waals surface area contributed by atoms with Crippen LogP contribution in [0.2, 0.25) is 0 Å². The van der Waals surface area contributed by atoms with Gasteiger partial charge in [-0.25, -0.2) is 0 Å². The van der Waals surface area contributed by atoms with Crippen LogP contribution in [0.25, 0.3) is 0 Å². The first kappa shape index (κ1) is 15.1. The van der Waals surface area contributed by atoms with Gasteiger partial charge in [0.1, 0.15) is 0 Å². The van der Waals surface area contributed by atoms with E-state index in [1.165, 1.54) is 12.8 Å². The summed E-state index contributed by atoms with van der Waals surface area (Å²) in [6.07, 6.45) is 7.85. The van der Waals surface area contributed by atoms with Gasteiger partial charge in [-0.2, -0.15) is 0 Å². The fourth-order valence-corrected chi connectivity index (χ4v) is 1.56. The lowest BCUT2D eigenvalue weighted by Gasteiger charge is -2.04. The van der Waals surface area contributed by atoms with Crippen LogP contribution in [0.15, 0.2) is 11.6 Å². The Balaban J connectivity index is 4.27. The highest BCUT2D eigenvalue weighted by Crippen LogP contribution is 2.13. The molecular formula is C14H24O2. The summed E-state index contributed by atoms with van der Waals surface area (Å²) in [5.74, 6) is 0.186. The van der Waals surface area contributed by atoms with Gasteiger partial charge in [-0.05, 0) is 24.5 Å². The Labute approximate surface area is 99.1 Å². The van der Waals surface area contributed by atoms with Gasteiger partial charge in [-0.15, -0.1) is 0 Å². The zero-order valence-electron chi connectivity index (χ0n) is 10.8. The Hall–Kier alpha value is -0.920. The third-order valence-electron chi connectivity index (χ3n) is 2.66. The molecule has 0 radical (unpaired) electrons. The van der Waals surface area contributed by atoms with Crippen molar-refractivity contribution in [1.82, 2.24) is 0 Å². The highest BCUT2D eigenvalue weighted by molar-refractivity contribution is 6.02. The minimum absolute atomic E-state index is 0.0623. The molecule has 2 nitrogen and oxygen atoms in total. The van der Waals surface area contributed by atoms with Gasteiger partial charge in [-0.1, -0.05) is 40.0 Å². The molecule has 0 saturated carbocycles. The monoisotopic (exact) mass is 224 g/mol. The topological polar surface area (TPSA) is 34.1 Å². The van der Waals surface area contributed by atoms with Gasteiger partial charge in [-0.3, -0.25) is 9.59 Å². The van der Waals surface area contributed by atoms with Crippen molar-refractivity contribution in [2.75, 3.05) is 0 Å². The molecule has 92 valence electrons. The van der Waals surface area contributed by atoms with E-state index < -0.39 is 0 Å². The number of carbonyl (C=O) groups is 2. The number of hydrogen-bond acceptors (Lipinski definition) is 2. The maximum Gasteiger partial charge on any atom is 0.158 e. The second kappa shape index (κ2) is 9.32. The van der Waals surface area contributed by atoms with E-state index >= 15 is 0 Å². The van der Waals surface area contributed by atoms with Crippen LogP contribution in [0.3, 0.4) is 0 Å². The summed E-state index contributed by atoms with van der Waals surface area (Å²) in [6, 6.07) is 0. The average Bonchev–Trinajstić information content (AvgIpc) is 2.31. The van der Waals surface area contributed by atoms with Gasteiger partial charge < -0.3 is 0 Å². The Morgan fingerprint density at radius 3 is 2.12 bits per heavy atom. The predicted molar refractivity (Wildman–Crippen MR) is 67.4 cm³/mol. The summed E-state index contributed by atoms with van der Waals surface area (Å²) < 4.78 is 0. The molecule has 0 atom stereocenters. The minimum atomic E-state index is 0.0623. The number of Topliss-reactive ketones (excluding diaryl/α,β-unsaturated/α-hetero) is 1. The SMILES string of the molecule is CCCCCCC(=CC(=O)CC)C(=O)CC. The van der Waals surface area contributed by atoms with Crippen molar-refractivity contribution >= 4 is 11.6 Å². The molecule has 0 aromatic carbocycles. The van der Waals surface area contributed by atoms with Gasteiger partial charge in [0.05, 0.1) is 0 Å². The molecule has 0 amide bonds. The molecule has 0 aliphatic carbocycles. The van der Waals surface area contributed by atoms with Gasteiger partial charge in [0.15, 0.2) is 11.6 Å². The molecule has 0 saturated heterocycles. The predicted octanol–water partition coefficient (Wildman–Crippen LogP) is 3.84. The molecule has 0 unspecified atom stereocenters. The van der Waals surface area contributed by atoms with Crippen LogP contribution in [-0.2, 0) is 9.59 Å². The van der Waals surface area contributed by atoms with Crippen LogP contribution in [0.4, 0.5) is 0 Å². The molecule has 0 rings (SSSR count). The molecule has 0 N–H and O–H groups in total. The maximum absolute atomic E-state index is 11.6. The van der Waals surface area contributed by atoms with Crippen LogP contribution in [0.1, 0.15) is 65.7 Å². The third-order valence-corrected chi connectivity index (χ3v) is 2.66. The van der Waals surface area contributed by atoms with E-state index in [4.69, 9.17) is 0 Å². The van der Waals surface area contributed by atoms with Crippen molar-refractivity contribution in [2.24, 2.45) is 0 Å². The standard InChI is InChI=1S/C14H24O2/c1-4-7-8-9-10-12(14(16)6-3)11-13(15)5-2/h11H,4-10H2,1-3H3. The quantitative estimate of drug-likeness (QED) is 0.440. The van der Waals surface area contributed by atoms with Crippen LogP contribution >= 0.6 is 0 Å². The molecule has 0 fully saturated rings. The lowest BCUT2D eigenvalue weighted by molar-refractivity contribution is -0.117. The molecule has 0 bridgehead atoms. The van der Waals surface area contributed by atoms with Crippen LogP contribution in [-0.4, -0.2) is 11.6 Å². The Kier molecular flexibility index (Phi) is 8.78. The zero-order chi connectivity index (χ0) is 12.4. The van der Waals surface area contributed by atoms with Crippen molar-refractivity contribution in [3.8, 4) is 0 Å². The normalized spacial score (nSPS) is 11.6. The first-order chi connectivity index (χ1) is 7.65. The Morgan fingerprint density at radius 1 is 0.938 bits per heavy atom. The number of rotatable bonds is 9. The molecule has 16 heavy (non-hydrogen) atoms. The zero-order valence-corrected chi connectivity index (χ0v) is 10.8. The first-order valence-electron chi connectivity index (χ1n) is 6.42. The summed E-state index contributed by atoms with van der Waals surface area (Å²) in [6.45, 7) is 5.83. The van der Waals surface area contributed by atoms with E-state index in [1.54, 1.807) is 6.08 Å². The van der Waals surface area contributed by atoms with Gasteiger partial charge in [0.2, 0.25) is 0 Å². The summed E-state index contributed by atoms with van der Waals surface area (Å²) in [5.41, 5.74) is 0.727. The largest absolute Gasteiger partial charge is 0.295 e. The number of hydrogen-bond donors (Lipinski definition) is 0. The Bertz CT molecular complexity index is 251. The molecule has 0 aliphatic heterocycles. The summed E-state index contributed by atoms with van der Waals surface area (Å²) in [4.78, 5) is 22.9. The van der Waals surface area contributed by atoms with Crippen LogP contribution < -0.4 is 0 Å². The van der Waals surface area contributed by atoms with E-state index in [1.807, 2.05) is 13.8 Å². The molecule has 0 heterocycles. The lowest BCUT2D eigenvalue weighted by Crippen LogP contribution is -2.04. The van der Waals surface area contributed by atoms with Crippen molar-refractivity contribution in [2.45, 2.75) is 65.7 Å².